The Kier molecular flexibility index (Phi) is 10.6. The van der Waals surface area contributed by atoms with E-state index in [-0.39, 0.29) is 24.2 Å². The summed E-state index contributed by atoms with van der Waals surface area (Å²) in [7, 11) is 4.68. The lowest BCUT2D eigenvalue weighted by Gasteiger charge is -2.21. The molecule has 0 fully saturated rings. The fourth-order valence-corrected chi connectivity index (χ4v) is 4.85. The van der Waals surface area contributed by atoms with Gasteiger partial charge in [0.05, 0.1) is 24.4 Å². The number of fused-ring (bicyclic) bond motifs is 1. The molecule has 3 aromatic carbocycles. The molecule has 0 aliphatic rings. The minimum atomic E-state index is -0.453. The number of rotatable bonds is 10. The molecule has 12 heteroatoms. The minimum Gasteiger partial charge on any atom is -0.496 e. The predicted molar refractivity (Wildman–Crippen MR) is 174 cm³/mol. The molecular weight excluding hydrogens is 605 g/mol. The smallest absolute Gasteiger partial charge is 0.318 e. The highest BCUT2D eigenvalue weighted by Crippen LogP contribution is 2.36. The number of aryl methyl sites for hydroxylation is 1. The van der Waals surface area contributed by atoms with Crippen molar-refractivity contribution in [1.29, 1.82) is 0 Å². The molecule has 1 aromatic heterocycles. The van der Waals surface area contributed by atoms with Gasteiger partial charge in [0.25, 0.3) is 0 Å². The molecule has 0 unspecified atom stereocenters. The molecule has 10 nitrogen and oxygen atoms in total. The van der Waals surface area contributed by atoms with Gasteiger partial charge in [-0.15, -0.1) is 0 Å². The number of hydrogen-bond donors (Lipinski definition) is 3. The van der Waals surface area contributed by atoms with Crippen molar-refractivity contribution in [2.45, 2.75) is 13.5 Å². The Morgan fingerprint density at radius 3 is 2.48 bits per heavy atom. The van der Waals surface area contributed by atoms with Crippen molar-refractivity contribution in [1.82, 2.24) is 15.6 Å². The van der Waals surface area contributed by atoms with Crippen LogP contribution in [-0.2, 0) is 16.2 Å². The van der Waals surface area contributed by atoms with Crippen molar-refractivity contribution in [2.24, 2.45) is 0 Å². The molecule has 4 rings (SSSR count). The van der Waals surface area contributed by atoms with E-state index in [9.17, 15) is 14.4 Å². The quantitative estimate of drug-likeness (QED) is 0.184. The Hall–Kier alpha value is -4.80. The lowest BCUT2D eigenvalue weighted by Crippen LogP contribution is -2.37. The number of halogens is 2. The highest BCUT2D eigenvalue weighted by molar-refractivity contribution is 6.38. The number of nitrogens with zero attached hydrogens (tertiary/aromatic N) is 2. The Labute approximate surface area is 264 Å². The summed E-state index contributed by atoms with van der Waals surface area (Å²) in [4.78, 5) is 42.7. The highest BCUT2D eigenvalue weighted by atomic mass is 35.5. The van der Waals surface area contributed by atoms with Crippen LogP contribution in [-0.4, -0.2) is 50.6 Å². The molecule has 228 valence electrons. The summed E-state index contributed by atoms with van der Waals surface area (Å²) >= 11 is 13.2. The first-order valence-electron chi connectivity index (χ1n) is 13.5. The Bertz CT molecular complexity index is 1730. The Morgan fingerprint density at radius 1 is 1.02 bits per heavy atom. The third-order valence-corrected chi connectivity index (χ3v) is 7.40. The molecule has 0 bridgehead atoms. The molecular formula is C32H31Cl2N5O5. The first kappa shape index (κ1) is 32.1. The summed E-state index contributed by atoms with van der Waals surface area (Å²) in [6.07, 6.45) is 2.91. The second kappa shape index (κ2) is 14.6. The average molecular weight is 637 g/mol. The maximum Gasteiger partial charge on any atom is 0.318 e. The second-order valence-corrected chi connectivity index (χ2v) is 10.4. The monoisotopic (exact) mass is 635 g/mol. The number of pyridine rings is 1. The van der Waals surface area contributed by atoms with Gasteiger partial charge in [0.15, 0.2) is 0 Å². The fourth-order valence-electron chi connectivity index (χ4n) is 4.24. The van der Waals surface area contributed by atoms with E-state index in [4.69, 9.17) is 32.7 Å². The summed E-state index contributed by atoms with van der Waals surface area (Å²) in [5.41, 5.74) is 3.66. The number of anilines is 2. The number of urea groups is 1. The van der Waals surface area contributed by atoms with Crippen LogP contribution in [0.15, 0.2) is 66.7 Å². The zero-order chi connectivity index (χ0) is 31.8. The van der Waals surface area contributed by atoms with E-state index in [1.54, 1.807) is 62.7 Å². The summed E-state index contributed by atoms with van der Waals surface area (Å²) in [5.74, 6) is 0.364. The van der Waals surface area contributed by atoms with E-state index in [1.807, 2.05) is 25.1 Å². The zero-order valence-corrected chi connectivity index (χ0v) is 26.0. The van der Waals surface area contributed by atoms with Crippen LogP contribution in [0.5, 0.6) is 11.5 Å². The van der Waals surface area contributed by atoms with Crippen molar-refractivity contribution in [3.8, 4) is 11.5 Å². The van der Waals surface area contributed by atoms with Crippen LogP contribution >= 0.6 is 23.2 Å². The molecule has 0 radical (unpaired) electrons. The van der Waals surface area contributed by atoms with Gasteiger partial charge in [-0.25, -0.2) is 9.78 Å². The van der Waals surface area contributed by atoms with Crippen LogP contribution < -0.4 is 30.3 Å². The van der Waals surface area contributed by atoms with Crippen LogP contribution in [0.25, 0.3) is 17.0 Å². The van der Waals surface area contributed by atoms with Gasteiger partial charge in [-0.3, -0.25) is 9.59 Å². The number of benzene rings is 3. The van der Waals surface area contributed by atoms with Gasteiger partial charge >= 0.3 is 6.03 Å². The lowest BCUT2D eigenvalue weighted by atomic mass is 10.1. The first-order chi connectivity index (χ1) is 21.1. The molecule has 44 heavy (non-hydrogen) atoms. The van der Waals surface area contributed by atoms with Crippen LogP contribution in [0.4, 0.5) is 16.2 Å². The van der Waals surface area contributed by atoms with E-state index in [0.717, 1.165) is 16.6 Å². The predicted octanol–water partition coefficient (Wildman–Crippen LogP) is 5.98. The number of ether oxygens (including phenoxy) is 2. The topological polar surface area (TPSA) is 122 Å². The number of carbonyl (C=O) groups is 3. The van der Waals surface area contributed by atoms with E-state index >= 15 is 0 Å². The van der Waals surface area contributed by atoms with Gasteiger partial charge in [-0.2, -0.15) is 0 Å². The lowest BCUT2D eigenvalue weighted by molar-refractivity contribution is -0.122. The van der Waals surface area contributed by atoms with Gasteiger partial charge < -0.3 is 30.3 Å². The molecule has 4 amide bonds. The van der Waals surface area contributed by atoms with Crippen LogP contribution in [0.3, 0.4) is 0 Å². The van der Waals surface area contributed by atoms with Crippen molar-refractivity contribution in [3.05, 3.63) is 93.6 Å². The average Bonchev–Trinajstić information content (AvgIpc) is 3.02. The number of para-hydroxylation sites is 1. The number of likely N-dealkylation sites (N-methyl/N-ethyl adjacent to an activating group) is 1. The second-order valence-electron chi connectivity index (χ2n) is 9.60. The van der Waals surface area contributed by atoms with E-state index in [0.29, 0.717) is 39.0 Å². The third-order valence-electron chi connectivity index (χ3n) is 6.62. The van der Waals surface area contributed by atoms with Gasteiger partial charge in [-0.05, 0) is 55.0 Å². The zero-order valence-electron chi connectivity index (χ0n) is 24.5. The molecule has 0 atom stereocenters. The molecule has 3 N–H and O–H groups in total. The van der Waals surface area contributed by atoms with Crippen LogP contribution in [0, 0.1) is 6.92 Å². The first-order valence-corrected chi connectivity index (χ1v) is 14.2. The Morgan fingerprint density at radius 2 is 1.77 bits per heavy atom. The van der Waals surface area contributed by atoms with Crippen molar-refractivity contribution in [2.75, 3.05) is 38.0 Å². The van der Waals surface area contributed by atoms with Gasteiger partial charge in [-0.1, -0.05) is 41.4 Å². The Balaban J connectivity index is 1.39. The molecule has 0 aliphatic heterocycles. The van der Waals surface area contributed by atoms with E-state index in [1.165, 1.54) is 18.0 Å². The van der Waals surface area contributed by atoms with Crippen molar-refractivity contribution < 1.29 is 23.9 Å². The summed E-state index contributed by atoms with van der Waals surface area (Å²) < 4.78 is 11.6. The van der Waals surface area contributed by atoms with E-state index in [2.05, 4.69) is 20.9 Å². The molecule has 0 spiro atoms. The van der Waals surface area contributed by atoms with Crippen LogP contribution in [0.1, 0.15) is 16.8 Å². The van der Waals surface area contributed by atoms with Crippen molar-refractivity contribution in [3.63, 3.8) is 0 Å². The normalized spacial score (nSPS) is 10.9. The van der Waals surface area contributed by atoms with E-state index < -0.39 is 11.8 Å². The molecule has 0 saturated heterocycles. The number of hydrogen-bond acceptors (Lipinski definition) is 6. The summed E-state index contributed by atoms with van der Waals surface area (Å²) in [6.45, 7) is 1.63. The molecule has 0 aliphatic carbocycles. The van der Waals surface area contributed by atoms with Crippen LogP contribution in [0.2, 0.25) is 10.0 Å². The highest BCUT2D eigenvalue weighted by Gasteiger charge is 2.19. The van der Waals surface area contributed by atoms with Crippen molar-refractivity contribution >= 4 is 69.4 Å². The minimum absolute atomic E-state index is 0.0228. The van der Waals surface area contributed by atoms with Gasteiger partial charge in [0.2, 0.25) is 11.8 Å². The standard InChI is InChI=1S/C32H31Cl2N5O5/c1-19-16-27(43-4)22-6-5-7-26(31(22)37-19)44-18-23-24(33)13-14-25(30(23)34)39(3)29(41)17-36-28(40)15-10-20-8-11-21(12-9-20)38-32(42)35-2/h5-16H,17-18H2,1-4H3,(H,36,40)(H2,35,38,42). The summed E-state index contributed by atoms with van der Waals surface area (Å²) in [5, 5.41) is 9.12. The molecule has 0 saturated carbocycles. The number of amides is 4. The molecule has 1 heterocycles. The largest absolute Gasteiger partial charge is 0.496 e. The third kappa shape index (κ3) is 7.77. The van der Waals surface area contributed by atoms with Gasteiger partial charge in [0, 0.05) is 53.6 Å². The number of nitrogens with one attached hydrogen (secondary N) is 3. The maximum atomic E-state index is 12.9. The number of methoxy groups -OCH3 is 1. The number of carbonyl (C=O) groups excluding carboxylic acids is 3. The number of aromatic nitrogens is 1. The maximum absolute atomic E-state index is 12.9. The molecule has 4 aromatic rings. The fraction of sp³-hybridized carbons (Fsp3) is 0.188. The summed E-state index contributed by atoms with van der Waals surface area (Å²) in [6, 6.07) is 17.2. The SMILES string of the molecule is CNC(=O)Nc1ccc(C=CC(=O)NCC(=O)N(C)c2ccc(Cl)c(COc3cccc4c(OC)cc(C)nc34)c2Cl)cc1. The van der Waals surface area contributed by atoms with Gasteiger partial charge in [0.1, 0.15) is 23.6 Å².